The van der Waals surface area contributed by atoms with Crippen LogP contribution < -0.4 is 11.1 Å². The molecule has 0 saturated heterocycles. The van der Waals surface area contributed by atoms with Gasteiger partial charge in [-0.1, -0.05) is 13.8 Å². The molecule has 1 amide bonds. The highest BCUT2D eigenvalue weighted by Crippen LogP contribution is 2.07. The van der Waals surface area contributed by atoms with E-state index in [1.165, 1.54) is 0 Å². The minimum Gasteiger partial charge on any atom is -0.350 e. The first-order chi connectivity index (χ1) is 8.04. The summed E-state index contributed by atoms with van der Waals surface area (Å²) in [5.41, 5.74) is 5.65. The van der Waals surface area contributed by atoms with E-state index in [2.05, 4.69) is 24.3 Å². The molecule has 5 heteroatoms. The number of carbonyl (C=O) groups excluding carboxylic acids is 1. The van der Waals surface area contributed by atoms with Crippen LogP contribution in [0, 0.1) is 5.92 Å². The first-order valence-electron chi connectivity index (χ1n) is 6.04. The van der Waals surface area contributed by atoms with Crippen LogP contribution in [0.5, 0.6) is 0 Å². The van der Waals surface area contributed by atoms with Crippen molar-refractivity contribution >= 4 is 5.91 Å². The smallest absolute Gasteiger partial charge is 0.244 e. The molecule has 3 N–H and O–H groups in total. The summed E-state index contributed by atoms with van der Waals surface area (Å²) in [5, 5.41) is 7.02. The maximum absolute atomic E-state index is 12.0. The van der Waals surface area contributed by atoms with Crippen LogP contribution in [0.25, 0.3) is 0 Å². The summed E-state index contributed by atoms with van der Waals surface area (Å²) in [6.07, 6.45) is 4.34. The molecular weight excluding hydrogens is 216 g/mol. The van der Waals surface area contributed by atoms with Gasteiger partial charge in [-0.15, -0.1) is 0 Å². The summed E-state index contributed by atoms with van der Waals surface area (Å²) >= 11 is 0. The van der Waals surface area contributed by atoms with Gasteiger partial charge in [0.25, 0.3) is 0 Å². The lowest BCUT2D eigenvalue weighted by atomic mass is 10.0. The number of rotatable bonds is 6. The fourth-order valence-corrected chi connectivity index (χ4v) is 1.73. The number of amides is 1. The number of hydrogen-bond donors (Lipinski definition) is 2. The molecule has 0 spiro atoms. The third kappa shape index (κ3) is 4.19. The number of carbonyl (C=O) groups is 1. The van der Waals surface area contributed by atoms with E-state index in [1.54, 1.807) is 23.1 Å². The van der Waals surface area contributed by atoms with E-state index in [-0.39, 0.29) is 18.0 Å². The van der Waals surface area contributed by atoms with Crippen LogP contribution in [-0.4, -0.2) is 28.3 Å². The lowest BCUT2D eigenvalue weighted by molar-refractivity contribution is -0.124. The van der Waals surface area contributed by atoms with Crippen LogP contribution in [0.1, 0.15) is 33.2 Å². The highest BCUT2D eigenvalue weighted by molar-refractivity contribution is 5.80. The maximum Gasteiger partial charge on any atom is 0.244 e. The van der Waals surface area contributed by atoms with Crippen LogP contribution in [0.15, 0.2) is 18.5 Å². The zero-order valence-electron chi connectivity index (χ0n) is 10.8. The van der Waals surface area contributed by atoms with Crippen molar-refractivity contribution in [2.24, 2.45) is 11.7 Å². The molecule has 0 saturated carbocycles. The lowest BCUT2D eigenvalue weighted by Crippen LogP contribution is -2.43. The molecule has 0 aliphatic rings. The summed E-state index contributed by atoms with van der Waals surface area (Å²) in [7, 11) is 0. The summed E-state index contributed by atoms with van der Waals surface area (Å²) in [4.78, 5) is 12.0. The number of aromatic nitrogens is 2. The second-order valence-electron chi connectivity index (χ2n) is 4.73. The van der Waals surface area contributed by atoms with Crippen molar-refractivity contribution in [3.8, 4) is 0 Å². The topological polar surface area (TPSA) is 72.9 Å². The average Bonchev–Trinajstić information content (AvgIpc) is 2.79. The van der Waals surface area contributed by atoms with Gasteiger partial charge >= 0.3 is 0 Å². The van der Waals surface area contributed by atoms with E-state index < -0.39 is 0 Å². The molecule has 2 unspecified atom stereocenters. The van der Waals surface area contributed by atoms with E-state index in [0.29, 0.717) is 12.5 Å². The zero-order valence-corrected chi connectivity index (χ0v) is 10.8. The highest BCUT2D eigenvalue weighted by Gasteiger charge is 2.18. The van der Waals surface area contributed by atoms with Gasteiger partial charge in [0.15, 0.2) is 0 Å². The van der Waals surface area contributed by atoms with Crippen molar-refractivity contribution in [2.75, 3.05) is 6.54 Å². The Labute approximate surface area is 102 Å². The Kier molecular flexibility index (Phi) is 5.15. The Bertz CT molecular complexity index is 334. The van der Waals surface area contributed by atoms with Crippen molar-refractivity contribution in [1.82, 2.24) is 15.1 Å². The van der Waals surface area contributed by atoms with Gasteiger partial charge in [0.1, 0.15) is 6.04 Å². The second-order valence-corrected chi connectivity index (χ2v) is 4.73. The summed E-state index contributed by atoms with van der Waals surface area (Å²) in [6, 6.07) is 1.55. The van der Waals surface area contributed by atoms with Gasteiger partial charge in [-0.2, -0.15) is 5.10 Å². The standard InChI is InChI=1S/C12H22N4O/c1-9(2)7-11(8-13)15-12(17)10(3)16-6-4-5-14-16/h4-6,9-11H,7-8,13H2,1-3H3,(H,15,17). The molecule has 1 aromatic heterocycles. The molecule has 1 aromatic rings. The molecule has 0 radical (unpaired) electrons. The normalized spacial score (nSPS) is 14.6. The van der Waals surface area contributed by atoms with Crippen molar-refractivity contribution in [3.63, 3.8) is 0 Å². The molecule has 96 valence electrons. The van der Waals surface area contributed by atoms with Crippen LogP contribution in [0.4, 0.5) is 0 Å². The molecule has 17 heavy (non-hydrogen) atoms. The molecule has 0 fully saturated rings. The number of nitrogens with two attached hydrogens (primary N) is 1. The molecule has 1 heterocycles. The number of hydrogen-bond acceptors (Lipinski definition) is 3. The molecule has 2 atom stereocenters. The van der Waals surface area contributed by atoms with Crippen LogP contribution in [-0.2, 0) is 4.79 Å². The minimum absolute atomic E-state index is 0.0372. The van der Waals surface area contributed by atoms with E-state index in [1.807, 2.05) is 6.92 Å². The number of nitrogens with one attached hydrogen (secondary N) is 1. The Hall–Kier alpha value is -1.36. The Morgan fingerprint density at radius 3 is 2.65 bits per heavy atom. The minimum atomic E-state index is -0.300. The monoisotopic (exact) mass is 238 g/mol. The largest absolute Gasteiger partial charge is 0.350 e. The average molecular weight is 238 g/mol. The first kappa shape index (κ1) is 13.7. The molecule has 0 bridgehead atoms. The fourth-order valence-electron chi connectivity index (χ4n) is 1.73. The van der Waals surface area contributed by atoms with Crippen molar-refractivity contribution in [1.29, 1.82) is 0 Å². The van der Waals surface area contributed by atoms with E-state index in [4.69, 9.17) is 5.73 Å². The summed E-state index contributed by atoms with van der Waals surface area (Å²) in [5.74, 6) is 0.480. The van der Waals surface area contributed by atoms with Crippen molar-refractivity contribution < 1.29 is 4.79 Å². The Balaban J connectivity index is 2.52. The third-order valence-electron chi connectivity index (χ3n) is 2.69. The van der Waals surface area contributed by atoms with Crippen LogP contribution in [0.3, 0.4) is 0 Å². The molecule has 1 rings (SSSR count). The van der Waals surface area contributed by atoms with Crippen molar-refractivity contribution in [3.05, 3.63) is 18.5 Å². The van der Waals surface area contributed by atoms with Crippen molar-refractivity contribution in [2.45, 2.75) is 39.3 Å². The van der Waals surface area contributed by atoms with Gasteiger partial charge in [0, 0.05) is 25.0 Å². The predicted molar refractivity (Wildman–Crippen MR) is 67.4 cm³/mol. The summed E-state index contributed by atoms with van der Waals surface area (Å²) < 4.78 is 1.64. The van der Waals surface area contributed by atoms with Gasteiger partial charge in [-0.25, -0.2) is 0 Å². The molecule has 0 aromatic carbocycles. The quantitative estimate of drug-likeness (QED) is 0.774. The van der Waals surface area contributed by atoms with E-state index >= 15 is 0 Å². The van der Waals surface area contributed by atoms with Gasteiger partial charge in [-0.05, 0) is 25.3 Å². The van der Waals surface area contributed by atoms with Crippen LogP contribution in [0.2, 0.25) is 0 Å². The van der Waals surface area contributed by atoms with Crippen LogP contribution >= 0.6 is 0 Å². The molecule has 0 aliphatic carbocycles. The predicted octanol–water partition coefficient (Wildman–Crippen LogP) is 0.934. The first-order valence-corrected chi connectivity index (χ1v) is 6.04. The number of nitrogens with zero attached hydrogens (tertiary/aromatic N) is 2. The van der Waals surface area contributed by atoms with Gasteiger partial charge < -0.3 is 11.1 Å². The second kappa shape index (κ2) is 6.39. The van der Waals surface area contributed by atoms with Gasteiger partial charge in [0.2, 0.25) is 5.91 Å². The zero-order chi connectivity index (χ0) is 12.8. The van der Waals surface area contributed by atoms with Gasteiger partial charge in [-0.3, -0.25) is 9.48 Å². The molecule has 0 aliphatic heterocycles. The Morgan fingerprint density at radius 1 is 1.47 bits per heavy atom. The Morgan fingerprint density at radius 2 is 2.18 bits per heavy atom. The summed E-state index contributed by atoms with van der Waals surface area (Å²) in [6.45, 7) is 6.53. The highest BCUT2D eigenvalue weighted by atomic mass is 16.2. The molecular formula is C12H22N4O. The van der Waals surface area contributed by atoms with E-state index in [9.17, 15) is 4.79 Å². The third-order valence-corrected chi connectivity index (χ3v) is 2.69. The molecule has 5 nitrogen and oxygen atoms in total. The maximum atomic E-state index is 12.0. The lowest BCUT2D eigenvalue weighted by Gasteiger charge is -2.21. The van der Waals surface area contributed by atoms with E-state index in [0.717, 1.165) is 6.42 Å². The SMILES string of the molecule is CC(C)CC(CN)NC(=O)C(C)n1cccn1. The fraction of sp³-hybridized carbons (Fsp3) is 0.667. The van der Waals surface area contributed by atoms with Gasteiger partial charge in [0.05, 0.1) is 0 Å².